The second-order valence-electron chi connectivity index (χ2n) is 12.8. The molecule has 0 N–H and O–H groups in total. The highest BCUT2D eigenvalue weighted by atomic mass is 15.0. The van der Waals surface area contributed by atoms with Crippen molar-refractivity contribution in [1.29, 1.82) is 10.5 Å². The van der Waals surface area contributed by atoms with Gasteiger partial charge in [0.05, 0.1) is 27.8 Å². The second-order valence-corrected chi connectivity index (χ2v) is 12.8. The Kier molecular flexibility index (Phi) is 6.55. The first-order valence-corrected chi connectivity index (χ1v) is 14.2. The molecule has 0 amide bonds. The Morgan fingerprint density at radius 1 is 0.581 bits per heavy atom. The van der Waals surface area contributed by atoms with Crippen LogP contribution in [0.1, 0.15) is 63.8 Å². The summed E-state index contributed by atoms with van der Waals surface area (Å²) in [5.41, 5.74) is 7.89. The van der Waals surface area contributed by atoms with Crippen molar-refractivity contribution in [3.05, 3.63) is 102 Å². The molecule has 3 aromatic heterocycles. The molecule has 0 bridgehead atoms. The summed E-state index contributed by atoms with van der Waals surface area (Å²) in [6.45, 7) is 13.4. The highest BCUT2D eigenvalue weighted by Gasteiger charge is 2.23. The van der Waals surface area contributed by atoms with Gasteiger partial charge < -0.3 is 4.57 Å². The van der Waals surface area contributed by atoms with Crippen LogP contribution in [-0.4, -0.2) is 24.5 Å². The van der Waals surface area contributed by atoms with E-state index in [-0.39, 0.29) is 10.8 Å². The van der Waals surface area contributed by atoms with Gasteiger partial charge in [0, 0.05) is 46.7 Å². The first-order chi connectivity index (χ1) is 20.5. The van der Waals surface area contributed by atoms with Crippen molar-refractivity contribution >= 4 is 21.8 Å². The van der Waals surface area contributed by atoms with Crippen LogP contribution in [0.15, 0.2) is 79.4 Å². The molecule has 0 aliphatic carbocycles. The maximum Gasteiger partial charge on any atom is 0.161 e. The molecule has 6 aromatic rings. The zero-order chi connectivity index (χ0) is 30.5. The van der Waals surface area contributed by atoms with E-state index in [1.165, 1.54) is 46.7 Å². The van der Waals surface area contributed by atoms with Gasteiger partial charge >= 0.3 is 0 Å². The largest absolute Gasteiger partial charge is 0.309 e. The molecule has 0 saturated carbocycles. The summed E-state index contributed by atoms with van der Waals surface area (Å²) in [6, 6.07) is 23.6. The minimum Gasteiger partial charge on any atom is -0.309 e. The molecule has 0 unspecified atom stereocenters. The highest BCUT2D eigenvalue weighted by molar-refractivity contribution is 6.10. The molecule has 0 fully saturated rings. The Morgan fingerprint density at radius 3 is 1.49 bits per heavy atom. The van der Waals surface area contributed by atoms with E-state index in [1.54, 1.807) is 0 Å². The molecule has 0 aliphatic heterocycles. The van der Waals surface area contributed by atoms with Crippen molar-refractivity contribution in [2.24, 2.45) is 0 Å². The van der Waals surface area contributed by atoms with Crippen LogP contribution in [0.5, 0.6) is 0 Å². The SMILES string of the molecule is CC(C)(C)c1ccc2c(c1)c1cc(C(C)(C)C)ccc1n2-c1ccc(-c2ncc(C#N)cn2)cc1-c1ncc(C#N)cn1. The van der Waals surface area contributed by atoms with Crippen LogP contribution in [0.4, 0.5) is 0 Å². The topological polar surface area (TPSA) is 104 Å². The van der Waals surface area contributed by atoms with Crippen LogP contribution in [-0.2, 0) is 10.8 Å². The molecule has 0 aliphatic rings. The minimum absolute atomic E-state index is 0.00547. The summed E-state index contributed by atoms with van der Waals surface area (Å²) < 4.78 is 2.27. The smallest absolute Gasteiger partial charge is 0.161 e. The van der Waals surface area contributed by atoms with Crippen LogP contribution in [0.25, 0.3) is 50.3 Å². The lowest BCUT2D eigenvalue weighted by Crippen LogP contribution is -2.10. The molecule has 0 radical (unpaired) electrons. The standard InChI is InChI=1S/C36H31N7/c1-35(2,3)25-8-11-30-27(14-25)28-15-26(36(4,5)6)9-12-31(28)43(30)32-10-7-24(33-39-18-22(16-37)19-40-33)13-29(32)34-41-20-23(17-38)21-42-34/h7-15,18-21H,1-6H3. The lowest BCUT2D eigenvalue weighted by molar-refractivity contribution is 0.590. The van der Waals surface area contributed by atoms with E-state index in [0.717, 1.165) is 27.8 Å². The van der Waals surface area contributed by atoms with Gasteiger partial charge in [-0.3, -0.25) is 0 Å². The molecule has 3 heterocycles. The van der Waals surface area contributed by atoms with E-state index in [1.807, 2.05) is 18.2 Å². The summed E-state index contributed by atoms with van der Waals surface area (Å²) in [7, 11) is 0. The van der Waals surface area contributed by atoms with Crippen LogP contribution >= 0.6 is 0 Å². The highest BCUT2D eigenvalue weighted by Crippen LogP contribution is 2.40. The van der Waals surface area contributed by atoms with Crippen LogP contribution in [0.3, 0.4) is 0 Å². The van der Waals surface area contributed by atoms with Gasteiger partial charge in [0.1, 0.15) is 12.1 Å². The maximum absolute atomic E-state index is 9.36. The van der Waals surface area contributed by atoms with Gasteiger partial charge in [0.15, 0.2) is 11.6 Å². The summed E-state index contributed by atoms with van der Waals surface area (Å²) in [4.78, 5) is 18.0. The third-order valence-electron chi connectivity index (χ3n) is 7.80. The number of hydrogen-bond acceptors (Lipinski definition) is 6. The van der Waals surface area contributed by atoms with Crippen LogP contribution in [0.2, 0.25) is 0 Å². The lowest BCUT2D eigenvalue weighted by atomic mass is 9.85. The third kappa shape index (κ3) is 5.00. The molecule has 7 heteroatoms. The number of aromatic nitrogens is 5. The van der Waals surface area contributed by atoms with Crippen molar-refractivity contribution < 1.29 is 0 Å². The number of nitrogens with zero attached hydrogens (tertiary/aromatic N) is 7. The van der Waals surface area contributed by atoms with Crippen molar-refractivity contribution in [2.45, 2.75) is 52.4 Å². The Morgan fingerprint density at radius 2 is 1.05 bits per heavy atom. The zero-order valence-electron chi connectivity index (χ0n) is 25.1. The molecular formula is C36H31N7. The Bertz CT molecular complexity index is 2020. The predicted molar refractivity (Wildman–Crippen MR) is 170 cm³/mol. The predicted octanol–water partition coefficient (Wildman–Crippen LogP) is 8.04. The number of hydrogen-bond donors (Lipinski definition) is 0. The molecule has 43 heavy (non-hydrogen) atoms. The van der Waals surface area contributed by atoms with Gasteiger partial charge in [-0.1, -0.05) is 53.7 Å². The molecule has 0 saturated heterocycles. The Balaban J connectivity index is 1.67. The fourth-order valence-corrected chi connectivity index (χ4v) is 5.32. The fourth-order valence-electron chi connectivity index (χ4n) is 5.32. The van der Waals surface area contributed by atoms with E-state index < -0.39 is 0 Å². The average Bonchev–Trinajstić information content (AvgIpc) is 3.33. The Hall–Kier alpha value is -5.40. The number of rotatable bonds is 3. The van der Waals surface area contributed by atoms with E-state index in [2.05, 4.69) is 115 Å². The van der Waals surface area contributed by atoms with E-state index in [4.69, 9.17) is 0 Å². The molecule has 7 nitrogen and oxygen atoms in total. The van der Waals surface area contributed by atoms with Gasteiger partial charge in [-0.25, -0.2) is 19.9 Å². The van der Waals surface area contributed by atoms with E-state index in [9.17, 15) is 10.5 Å². The first-order valence-electron chi connectivity index (χ1n) is 14.2. The molecule has 3 aromatic carbocycles. The van der Waals surface area contributed by atoms with Gasteiger partial charge in [-0.2, -0.15) is 10.5 Å². The summed E-state index contributed by atoms with van der Waals surface area (Å²) in [5, 5.41) is 20.9. The number of fused-ring (bicyclic) bond motifs is 3. The zero-order valence-corrected chi connectivity index (χ0v) is 25.1. The van der Waals surface area contributed by atoms with Crippen molar-refractivity contribution in [3.63, 3.8) is 0 Å². The number of nitriles is 2. The van der Waals surface area contributed by atoms with Crippen LogP contribution < -0.4 is 0 Å². The summed E-state index contributed by atoms with van der Waals surface area (Å²) in [6.07, 6.45) is 6.10. The van der Waals surface area contributed by atoms with Crippen molar-refractivity contribution in [2.75, 3.05) is 0 Å². The second kappa shape index (κ2) is 10.2. The van der Waals surface area contributed by atoms with Gasteiger partial charge in [0.2, 0.25) is 0 Å². The summed E-state index contributed by atoms with van der Waals surface area (Å²) >= 11 is 0. The van der Waals surface area contributed by atoms with Gasteiger partial charge in [0.25, 0.3) is 0 Å². The van der Waals surface area contributed by atoms with Crippen molar-refractivity contribution in [1.82, 2.24) is 24.5 Å². The van der Waals surface area contributed by atoms with Gasteiger partial charge in [-0.15, -0.1) is 0 Å². The number of benzene rings is 3. The fraction of sp³-hybridized carbons (Fsp3) is 0.222. The molecule has 210 valence electrons. The molecular weight excluding hydrogens is 530 g/mol. The van der Waals surface area contributed by atoms with E-state index >= 15 is 0 Å². The minimum atomic E-state index is -0.00547. The normalized spacial score (nSPS) is 11.9. The Labute approximate surface area is 251 Å². The molecule has 0 spiro atoms. The van der Waals surface area contributed by atoms with Crippen molar-refractivity contribution in [3.8, 4) is 40.6 Å². The summed E-state index contributed by atoms with van der Waals surface area (Å²) in [5.74, 6) is 0.976. The quantitative estimate of drug-likeness (QED) is 0.217. The van der Waals surface area contributed by atoms with Crippen LogP contribution in [0, 0.1) is 22.7 Å². The monoisotopic (exact) mass is 561 g/mol. The maximum atomic E-state index is 9.36. The first kappa shape index (κ1) is 27.8. The molecule has 6 rings (SSSR count). The third-order valence-corrected chi connectivity index (χ3v) is 7.80. The molecule has 0 atom stereocenters. The van der Waals surface area contributed by atoms with Gasteiger partial charge in [-0.05, 0) is 64.4 Å². The van der Waals surface area contributed by atoms with E-state index in [0.29, 0.717) is 22.8 Å². The lowest BCUT2D eigenvalue weighted by Gasteiger charge is -2.19. The average molecular weight is 562 g/mol.